The second-order valence-electron chi connectivity index (χ2n) is 4.63. The fraction of sp³-hybridized carbons (Fsp3) is 0.417. The minimum atomic E-state index is -3.89. The molecule has 1 aliphatic rings. The lowest BCUT2D eigenvalue weighted by Gasteiger charge is -2.20. The van der Waals surface area contributed by atoms with Gasteiger partial charge in [0.15, 0.2) is 0 Å². The molecule has 0 spiro atoms. The molecule has 1 aliphatic heterocycles. The molecule has 1 saturated heterocycles. The highest BCUT2D eigenvalue weighted by Crippen LogP contribution is 2.26. The Kier molecular flexibility index (Phi) is 3.62. The Morgan fingerprint density at radius 2 is 1.89 bits per heavy atom. The quantitative estimate of drug-likeness (QED) is 0.827. The molecule has 0 bridgehead atoms. The first kappa shape index (κ1) is 14.0. The number of carbonyl (C=O) groups is 1. The van der Waals surface area contributed by atoms with Crippen LogP contribution in [0.5, 0.6) is 0 Å². The molecule has 6 nitrogen and oxygen atoms in total. The standard InChI is InChI=1S/C12H15NO5S/c1-8-2-4-10(5-3-8)19(17,18)13-7-9(14)6-11(13)12(15)16/h2-5,9,11,14H,6-7H2,1H3,(H,15,16)/t9-,11+/m1/s1. The molecule has 0 aromatic heterocycles. The normalized spacial score (nSPS) is 24.5. The summed E-state index contributed by atoms with van der Waals surface area (Å²) >= 11 is 0. The first-order chi connectivity index (χ1) is 8.82. The molecule has 1 heterocycles. The topological polar surface area (TPSA) is 94.9 Å². The molecule has 104 valence electrons. The molecule has 2 rings (SSSR count). The lowest BCUT2D eigenvalue weighted by atomic mass is 10.2. The van der Waals surface area contributed by atoms with E-state index in [0.717, 1.165) is 9.87 Å². The van der Waals surface area contributed by atoms with Crippen molar-refractivity contribution in [3.8, 4) is 0 Å². The van der Waals surface area contributed by atoms with Gasteiger partial charge in [0, 0.05) is 13.0 Å². The first-order valence-electron chi connectivity index (χ1n) is 5.82. The van der Waals surface area contributed by atoms with Crippen LogP contribution < -0.4 is 0 Å². The first-order valence-corrected chi connectivity index (χ1v) is 7.26. The Labute approximate surface area is 111 Å². The van der Waals surface area contributed by atoms with E-state index in [0.29, 0.717) is 0 Å². The third-order valence-corrected chi connectivity index (χ3v) is 5.04. The minimum absolute atomic E-state index is 0.0402. The number of rotatable bonds is 3. The van der Waals surface area contributed by atoms with Gasteiger partial charge in [-0.3, -0.25) is 4.79 Å². The number of nitrogens with zero attached hydrogens (tertiary/aromatic N) is 1. The Balaban J connectivity index is 2.38. The Hall–Kier alpha value is -1.44. The Morgan fingerprint density at radius 3 is 2.42 bits per heavy atom. The van der Waals surface area contributed by atoms with Gasteiger partial charge in [0.25, 0.3) is 0 Å². The average molecular weight is 285 g/mol. The zero-order valence-electron chi connectivity index (χ0n) is 10.4. The summed E-state index contributed by atoms with van der Waals surface area (Å²) in [7, 11) is -3.89. The van der Waals surface area contributed by atoms with Crippen LogP contribution in [0.25, 0.3) is 0 Å². The van der Waals surface area contributed by atoms with Crippen LogP contribution in [0.3, 0.4) is 0 Å². The number of carboxylic acid groups (broad SMARTS) is 1. The van der Waals surface area contributed by atoms with Gasteiger partial charge in [-0.05, 0) is 19.1 Å². The largest absolute Gasteiger partial charge is 0.480 e. The molecule has 1 aromatic carbocycles. The number of carboxylic acids is 1. The third-order valence-electron chi connectivity index (χ3n) is 3.15. The predicted molar refractivity (Wildman–Crippen MR) is 67.1 cm³/mol. The van der Waals surface area contributed by atoms with Crippen molar-refractivity contribution < 1.29 is 23.4 Å². The number of aliphatic hydroxyl groups excluding tert-OH is 1. The molecule has 0 amide bonds. The molecule has 2 atom stereocenters. The van der Waals surface area contributed by atoms with Gasteiger partial charge < -0.3 is 10.2 Å². The van der Waals surface area contributed by atoms with E-state index in [-0.39, 0.29) is 17.9 Å². The van der Waals surface area contributed by atoms with Crippen LogP contribution in [0, 0.1) is 6.92 Å². The van der Waals surface area contributed by atoms with E-state index in [1.807, 2.05) is 6.92 Å². The highest BCUT2D eigenvalue weighted by molar-refractivity contribution is 7.89. The van der Waals surface area contributed by atoms with Gasteiger partial charge in [0.2, 0.25) is 10.0 Å². The maximum atomic E-state index is 12.4. The van der Waals surface area contributed by atoms with Crippen molar-refractivity contribution in [3.63, 3.8) is 0 Å². The van der Waals surface area contributed by atoms with Gasteiger partial charge in [-0.25, -0.2) is 8.42 Å². The van der Waals surface area contributed by atoms with Gasteiger partial charge in [-0.2, -0.15) is 4.31 Å². The van der Waals surface area contributed by atoms with Crippen molar-refractivity contribution in [1.82, 2.24) is 4.31 Å². The number of aliphatic carboxylic acids is 1. The van der Waals surface area contributed by atoms with Gasteiger partial charge in [0.05, 0.1) is 11.0 Å². The highest BCUT2D eigenvalue weighted by atomic mass is 32.2. The fourth-order valence-corrected chi connectivity index (χ4v) is 3.75. The molecular weight excluding hydrogens is 270 g/mol. The molecule has 19 heavy (non-hydrogen) atoms. The third kappa shape index (κ3) is 2.63. The smallest absolute Gasteiger partial charge is 0.322 e. The van der Waals surface area contributed by atoms with Crippen molar-refractivity contribution >= 4 is 16.0 Å². The molecule has 7 heteroatoms. The molecule has 2 N–H and O–H groups in total. The van der Waals surface area contributed by atoms with Crippen LogP contribution in [0.15, 0.2) is 29.2 Å². The van der Waals surface area contributed by atoms with Crippen molar-refractivity contribution in [2.24, 2.45) is 0 Å². The fourth-order valence-electron chi connectivity index (χ4n) is 2.12. The predicted octanol–water partition coefficient (Wildman–Crippen LogP) is 0.204. The molecule has 0 saturated carbocycles. The van der Waals surface area contributed by atoms with E-state index in [1.165, 1.54) is 12.1 Å². The van der Waals surface area contributed by atoms with E-state index in [2.05, 4.69) is 0 Å². The summed E-state index contributed by atoms with van der Waals surface area (Å²) in [6.45, 7) is 1.64. The van der Waals surface area contributed by atoms with E-state index in [4.69, 9.17) is 5.11 Å². The summed E-state index contributed by atoms with van der Waals surface area (Å²) < 4.78 is 25.6. The molecular formula is C12H15NO5S. The van der Waals surface area contributed by atoms with Crippen LogP contribution in [0.2, 0.25) is 0 Å². The lowest BCUT2D eigenvalue weighted by molar-refractivity contribution is -0.140. The summed E-state index contributed by atoms with van der Waals surface area (Å²) in [6, 6.07) is 4.97. The van der Waals surface area contributed by atoms with Crippen LogP contribution in [-0.4, -0.2) is 47.6 Å². The number of hydrogen-bond donors (Lipinski definition) is 2. The zero-order valence-corrected chi connectivity index (χ0v) is 11.2. The van der Waals surface area contributed by atoms with Gasteiger partial charge >= 0.3 is 5.97 Å². The molecule has 0 unspecified atom stereocenters. The number of aryl methyl sites for hydroxylation is 1. The maximum absolute atomic E-state index is 12.4. The van der Waals surface area contributed by atoms with Gasteiger partial charge in [-0.15, -0.1) is 0 Å². The summed E-state index contributed by atoms with van der Waals surface area (Å²) in [4.78, 5) is 11.1. The van der Waals surface area contributed by atoms with Crippen LogP contribution >= 0.6 is 0 Å². The number of β-amino-alcohol motifs (C(OH)–C–C–N with tert-alkyl or cyclic N) is 1. The monoisotopic (exact) mass is 285 g/mol. The van der Waals surface area contributed by atoms with Gasteiger partial charge in [-0.1, -0.05) is 17.7 Å². The summed E-state index contributed by atoms with van der Waals surface area (Å²) in [5, 5.41) is 18.5. The van der Waals surface area contributed by atoms with E-state index in [1.54, 1.807) is 12.1 Å². The zero-order chi connectivity index (χ0) is 14.2. The minimum Gasteiger partial charge on any atom is -0.480 e. The summed E-state index contributed by atoms with van der Waals surface area (Å²) in [6.07, 6.45) is -1.03. The molecule has 0 radical (unpaired) electrons. The highest BCUT2D eigenvalue weighted by Gasteiger charge is 2.43. The van der Waals surface area contributed by atoms with Crippen molar-refractivity contribution in [2.75, 3.05) is 6.54 Å². The average Bonchev–Trinajstić information content (AvgIpc) is 2.73. The van der Waals surface area contributed by atoms with E-state index in [9.17, 15) is 18.3 Å². The SMILES string of the molecule is Cc1ccc(S(=O)(=O)N2C[C@H](O)C[C@H]2C(=O)O)cc1. The van der Waals surface area contributed by atoms with Crippen molar-refractivity contribution in [2.45, 2.75) is 30.4 Å². The van der Waals surface area contributed by atoms with Crippen LogP contribution in [-0.2, 0) is 14.8 Å². The van der Waals surface area contributed by atoms with Crippen molar-refractivity contribution in [1.29, 1.82) is 0 Å². The maximum Gasteiger partial charge on any atom is 0.322 e. The van der Waals surface area contributed by atoms with Crippen LogP contribution in [0.4, 0.5) is 0 Å². The molecule has 0 aliphatic carbocycles. The van der Waals surface area contributed by atoms with Crippen molar-refractivity contribution in [3.05, 3.63) is 29.8 Å². The summed E-state index contributed by atoms with van der Waals surface area (Å²) in [5.41, 5.74) is 0.912. The second-order valence-corrected chi connectivity index (χ2v) is 6.52. The van der Waals surface area contributed by atoms with Crippen LogP contribution in [0.1, 0.15) is 12.0 Å². The number of sulfonamides is 1. The molecule has 1 aromatic rings. The second kappa shape index (κ2) is 4.92. The Morgan fingerprint density at radius 1 is 1.32 bits per heavy atom. The van der Waals surface area contributed by atoms with Gasteiger partial charge in [0.1, 0.15) is 6.04 Å². The number of aliphatic hydroxyl groups is 1. The number of hydrogen-bond acceptors (Lipinski definition) is 4. The molecule has 1 fully saturated rings. The number of benzene rings is 1. The lowest BCUT2D eigenvalue weighted by Crippen LogP contribution is -2.40. The van der Waals surface area contributed by atoms with E-state index < -0.39 is 28.1 Å². The Bertz CT molecular complexity index is 581. The van der Waals surface area contributed by atoms with E-state index >= 15 is 0 Å². The summed E-state index contributed by atoms with van der Waals surface area (Å²) in [5.74, 6) is -1.24.